The van der Waals surface area contributed by atoms with Gasteiger partial charge in [0.2, 0.25) is 0 Å². The molecule has 0 saturated heterocycles. The molecule has 0 amide bonds. The van der Waals surface area contributed by atoms with Crippen LogP contribution in [0.4, 0.5) is 0 Å². The van der Waals surface area contributed by atoms with Gasteiger partial charge in [-0.25, -0.2) is 0 Å². The van der Waals surface area contributed by atoms with E-state index in [4.69, 9.17) is 0 Å². The van der Waals surface area contributed by atoms with E-state index in [9.17, 15) is 0 Å². The van der Waals surface area contributed by atoms with Crippen LogP contribution in [0, 0.1) is 12.0 Å². The van der Waals surface area contributed by atoms with Crippen molar-refractivity contribution < 1.29 is 0 Å². The van der Waals surface area contributed by atoms with Gasteiger partial charge in [-0.1, -0.05) is 32.3 Å². The second-order valence-corrected chi connectivity index (χ2v) is 3.83. The molecule has 1 unspecified atom stereocenters. The van der Waals surface area contributed by atoms with Crippen molar-refractivity contribution in [3.8, 4) is 0 Å². The summed E-state index contributed by atoms with van der Waals surface area (Å²) >= 11 is 0. The maximum absolute atomic E-state index is 3.57. The normalized spacial score (nSPS) is 23.8. The minimum atomic E-state index is 0.892. The number of hydrogen-bond donors (Lipinski definition) is 0. The van der Waals surface area contributed by atoms with E-state index >= 15 is 0 Å². The molecule has 0 spiro atoms. The van der Waals surface area contributed by atoms with Crippen LogP contribution in [0.15, 0.2) is 5.57 Å². The molecule has 12 heavy (non-hydrogen) atoms. The third kappa shape index (κ3) is 2.66. The fourth-order valence-electron chi connectivity index (χ4n) is 2.14. The summed E-state index contributed by atoms with van der Waals surface area (Å²) in [5, 5.41) is 0. The Bertz CT molecular complexity index is 144. The van der Waals surface area contributed by atoms with Gasteiger partial charge in [0.25, 0.3) is 0 Å². The van der Waals surface area contributed by atoms with E-state index in [1.54, 1.807) is 5.57 Å². The Morgan fingerprint density at radius 2 is 2.17 bits per heavy atom. The molecule has 1 aliphatic carbocycles. The first-order valence-electron chi connectivity index (χ1n) is 5.48. The molecule has 0 heteroatoms. The highest BCUT2D eigenvalue weighted by molar-refractivity contribution is 5.05. The minimum Gasteiger partial charge on any atom is -0.0654 e. The van der Waals surface area contributed by atoms with Crippen molar-refractivity contribution in [2.45, 2.75) is 58.8 Å². The molecule has 0 aromatic carbocycles. The predicted octanol–water partition coefficient (Wildman–Crippen LogP) is 4.12. The lowest BCUT2D eigenvalue weighted by atomic mass is 9.83. The second kappa shape index (κ2) is 5.40. The lowest BCUT2D eigenvalue weighted by Crippen LogP contribution is -2.08. The van der Waals surface area contributed by atoms with E-state index in [0.717, 1.165) is 5.92 Å². The summed E-state index contributed by atoms with van der Waals surface area (Å²) in [6, 6.07) is 0. The maximum Gasteiger partial charge on any atom is -0.0197 e. The predicted molar refractivity (Wildman–Crippen MR) is 53.9 cm³/mol. The van der Waals surface area contributed by atoms with Crippen molar-refractivity contribution >= 4 is 0 Å². The molecule has 0 N–H and O–H groups in total. The summed E-state index contributed by atoms with van der Waals surface area (Å²) in [4.78, 5) is 0. The fraction of sp³-hybridized carbons (Fsp3) is 0.833. The highest BCUT2D eigenvalue weighted by Gasteiger charge is 2.15. The van der Waals surface area contributed by atoms with Gasteiger partial charge in [0, 0.05) is 0 Å². The zero-order valence-electron chi connectivity index (χ0n) is 8.53. The van der Waals surface area contributed by atoms with E-state index in [2.05, 4.69) is 19.9 Å². The molecule has 0 heterocycles. The standard InChI is InChI=1S/C12H21/c1-3-7-11-9-5-6-10-12(11)8-4-2/h11H,3-9H2,1-2H3. The Hall–Kier alpha value is -0.260. The molecule has 0 nitrogen and oxygen atoms in total. The Kier molecular flexibility index (Phi) is 4.42. The van der Waals surface area contributed by atoms with Crippen LogP contribution in [0.25, 0.3) is 0 Å². The molecule has 1 rings (SSSR count). The third-order valence-corrected chi connectivity index (χ3v) is 2.73. The Labute approximate surface area is 77.1 Å². The molecule has 1 radical (unpaired) electrons. The zero-order chi connectivity index (χ0) is 8.81. The van der Waals surface area contributed by atoms with Crippen LogP contribution >= 0.6 is 0 Å². The van der Waals surface area contributed by atoms with E-state index in [0.29, 0.717) is 0 Å². The molecule has 0 aromatic heterocycles. The quantitative estimate of drug-likeness (QED) is 0.588. The summed E-state index contributed by atoms with van der Waals surface area (Å²) in [5.41, 5.74) is 1.64. The van der Waals surface area contributed by atoms with E-state index in [-0.39, 0.29) is 0 Å². The molecule has 0 saturated carbocycles. The average molecular weight is 165 g/mol. The molecule has 0 aromatic rings. The first kappa shape index (κ1) is 9.83. The van der Waals surface area contributed by atoms with Crippen LogP contribution in [0.3, 0.4) is 0 Å². The number of allylic oxidation sites excluding steroid dienone is 2. The van der Waals surface area contributed by atoms with Gasteiger partial charge < -0.3 is 0 Å². The van der Waals surface area contributed by atoms with Crippen LogP contribution < -0.4 is 0 Å². The molecule has 0 bridgehead atoms. The smallest absolute Gasteiger partial charge is 0.0197 e. The topological polar surface area (TPSA) is 0 Å². The largest absolute Gasteiger partial charge is 0.0654 e. The van der Waals surface area contributed by atoms with Gasteiger partial charge in [-0.05, 0) is 44.1 Å². The van der Waals surface area contributed by atoms with Gasteiger partial charge in [0.1, 0.15) is 0 Å². The summed E-state index contributed by atoms with van der Waals surface area (Å²) in [7, 11) is 0. The Balaban J connectivity index is 2.45. The van der Waals surface area contributed by atoms with Crippen LogP contribution in [-0.2, 0) is 0 Å². The second-order valence-electron chi connectivity index (χ2n) is 3.83. The summed E-state index contributed by atoms with van der Waals surface area (Å²) in [6.07, 6.45) is 12.9. The monoisotopic (exact) mass is 165 g/mol. The summed E-state index contributed by atoms with van der Waals surface area (Å²) < 4.78 is 0. The Morgan fingerprint density at radius 1 is 1.33 bits per heavy atom. The van der Waals surface area contributed by atoms with Gasteiger partial charge >= 0.3 is 0 Å². The number of hydrogen-bond acceptors (Lipinski definition) is 0. The molecular formula is C12H21. The zero-order valence-corrected chi connectivity index (χ0v) is 8.53. The van der Waals surface area contributed by atoms with Gasteiger partial charge in [-0.2, -0.15) is 0 Å². The highest BCUT2D eigenvalue weighted by atomic mass is 14.2. The van der Waals surface area contributed by atoms with Crippen molar-refractivity contribution in [1.82, 2.24) is 0 Å². The van der Waals surface area contributed by atoms with Gasteiger partial charge in [0.15, 0.2) is 0 Å². The van der Waals surface area contributed by atoms with Crippen molar-refractivity contribution in [2.24, 2.45) is 5.92 Å². The molecule has 69 valence electrons. The molecule has 0 fully saturated rings. The summed E-state index contributed by atoms with van der Waals surface area (Å²) in [5.74, 6) is 0.892. The number of rotatable bonds is 4. The summed E-state index contributed by atoms with van der Waals surface area (Å²) in [6.45, 7) is 4.56. The average Bonchev–Trinajstić information content (AvgIpc) is 2.09. The lowest BCUT2D eigenvalue weighted by Gasteiger charge is -2.23. The van der Waals surface area contributed by atoms with Crippen molar-refractivity contribution in [1.29, 1.82) is 0 Å². The maximum atomic E-state index is 3.57. The van der Waals surface area contributed by atoms with Crippen molar-refractivity contribution in [2.75, 3.05) is 0 Å². The first-order chi connectivity index (χ1) is 5.88. The van der Waals surface area contributed by atoms with Gasteiger partial charge in [-0.15, -0.1) is 0 Å². The van der Waals surface area contributed by atoms with E-state index < -0.39 is 0 Å². The molecule has 0 aliphatic heterocycles. The van der Waals surface area contributed by atoms with E-state index in [1.807, 2.05) is 0 Å². The van der Waals surface area contributed by atoms with Crippen molar-refractivity contribution in [3.05, 3.63) is 11.6 Å². The van der Waals surface area contributed by atoms with Crippen LogP contribution in [0.5, 0.6) is 0 Å². The Morgan fingerprint density at radius 3 is 2.83 bits per heavy atom. The minimum absolute atomic E-state index is 0.892. The third-order valence-electron chi connectivity index (χ3n) is 2.73. The molecule has 1 aliphatic rings. The lowest BCUT2D eigenvalue weighted by molar-refractivity contribution is 0.451. The van der Waals surface area contributed by atoms with Crippen LogP contribution in [0.1, 0.15) is 58.8 Å². The molecular weight excluding hydrogens is 144 g/mol. The SMILES string of the molecule is CCCC1=[C]CCCC1CCC. The van der Waals surface area contributed by atoms with Crippen LogP contribution in [0.2, 0.25) is 0 Å². The van der Waals surface area contributed by atoms with Gasteiger partial charge in [-0.3, -0.25) is 0 Å². The highest BCUT2D eigenvalue weighted by Crippen LogP contribution is 2.30. The van der Waals surface area contributed by atoms with E-state index in [1.165, 1.54) is 44.9 Å². The van der Waals surface area contributed by atoms with Crippen molar-refractivity contribution in [3.63, 3.8) is 0 Å². The van der Waals surface area contributed by atoms with Crippen LogP contribution in [-0.4, -0.2) is 0 Å². The first-order valence-corrected chi connectivity index (χ1v) is 5.48. The molecule has 1 atom stereocenters. The van der Waals surface area contributed by atoms with Gasteiger partial charge in [0.05, 0.1) is 0 Å². The fourth-order valence-corrected chi connectivity index (χ4v) is 2.14.